The molecule has 0 fully saturated rings. The Kier molecular flexibility index (Phi) is 7.41. The van der Waals surface area contributed by atoms with Gasteiger partial charge in [-0.3, -0.25) is 4.99 Å². The van der Waals surface area contributed by atoms with E-state index in [0.29, 0.717) is 0 Å². The van der Waals surface area contributed by atoms with Crippen molar-refractivity contribution in [2.24, 2.45) is 4.99 Å². The molecule has 0 bridgehead atoms. The maximum absolute atomic E-state index is 13.2. The minimum atomic E-state index is -6.38. The summed E-state index contributed by atoms with van der Waals surface area (Å²) < 4.78 is 140. The Hall–Kier alpha value is -2.71. The van der Waals surface area contributed by atoms with Gasteiger partial charge < -0.3 is 5.32 Å². The summed E-state index contributed by atoms with van der Waals surface area (Å²) >= 11 is 11.5. The van der Waals surface area contributed by atoms with E-state index in [2.05, 4.69) is 10.1 Å². The minimum Gasteiger partial charge on any atom is -0.330 e. The van der Waals surface area contributed by atoms with Crippen LogP contribution in [0.2, 0.25) is 10.0 Å². The van der Waals surface area contributed by atoms with Gasteiger partial charge in [0, 0.05) is 0 Å². The van der Waals surface area contributed by atoms with Gasteiger partial charge in [-0.1, -0.05) is 23.2 Å². The second-order valence-corrected chi connectivity index (χ2v) is 8.71. The zero-order valence-corrected chi connectivity index (χ0v) is 17.9. The van der Waals surface area contributed by atoms with E-state index >= 15 is 0 Å². The first-order valence-electron chi connectivity index (χ1n) is 8.04. The maximum Gasteiger partial charge on any atom is 0.502 e. The minimum absolute atomic E-state index is 0.127. The molecule has 1 aromatic heterocycles. The van der Waals surface area contributed by atoms with Crippen molar-refractivity contribution in [2.45, 2.75) is 22.8 Å². The van der Waals surface area contributed by atoms with Gasteiger partial charge in [0.1, 0.15) is 18.3 Å². The third-order valence-electron chi connectivity index (χ3n) is 3.64. The summed E-state index contributed by atoms with van der Waals surface area (Å²) in [6.07, 6.45) is -9.68. The third kappa shape index (κ3) is 5.67. The highest BCUT2D eigenvalue weighted by atomic mass is 35.5. The van der Waals surface area contributed by atoms with Crippen molar-refractivity contribution in [3.8, 4) is 11.8 Å². The second kappa shape index (κ2) is 9.15. The quantitative estimate of drug-likeness (QED) is 0.301. The molecule has 0 aliphatic heterocycles. The summed E-state index contributed by atoms with van der Waals surface area (Å²) in [5.74, 6) is -1.32. The number of alkyl halides is 9. The first-order chi connectivity index (χ1) is 15.3. The number of hydrogen-bond donors (Lipinski definition) is 1. The van der Waals surface area contributed by atoms with E-state index in [4.69, 9.17) is 28.5 Å². The molecule has 34 heavy (non-hydrogen) atoms. The summed E-state index contributed by atoms with van der Waals surface area (Å²) in [6.45, 7) is -1.84. The number of rotatable bonds is 5. The van der Waals surface area contributed by atoms with Crippen molar-refractivity contribution in [3.05, 3.63) is 33.4 Å². The Labute approximate surface area is 193 Å². The largest absolute Gasteiger partial charge is 0.502 e. The molecule has 19 heteroatoms. The smallest absolute Gasteiger partial charge is 0.330 e. The lowest BCUT2D eigenvalue weighted by Gasteiger charge is -2.15. The topological polar surface area (TPSA) is 100 Å². The fourth-order valence-corrected chi connectivity index (χ4v) is 3.94. The molecule has 186 valence electrons. The average molecular weight is 562 g/mol. The fourth-order valence-electron chi connectivity index (χ4n) is 2.32. The Balaban J connectivity index is 2.86. The number of hydrogen-bond acceptors (Lipinski definition) is 5. The summed E-state index contributed by atoms with van der Waals surface area (Å²) in [5, 5.41) is 12.3. The zero-order valence-electron chi connectivity index (χ0n) is 15.6. The lowest BCUT2D eigenvalue weighted by molar-refractivity contribution is -0.137. The van der Waals surface area contributed by atoms with Crippen LogP contribution in [-0.4, -0.2) is 42.8 Å². The molecule has 2 aromatic rings. The lowest BCUT2D eigenvalue weighted by Crippen LogP contribution is -2.25. The van der Waals surface area contributed by atoms with E-state index in [1.807, 2.05) is 0 Å². The fraction of sp³-hybridized carbons (Fsp3) is 0.267. The number of aliphatic imine (C=N–C) groups is 1. The van der Waals surface area contributed by atoms with Crippen LogP contribution in [0.5, 0.6) is 0 Å². The molecule has 0 saturated heterocycles. The number of nitrogens with one attached hydrogen (secondary N) is 1. The van der Waals surface area contributed by atoms with Crippen LogP contribution in [0.1, 0.15) is 11.3 Å². The normalized spacial score (nSPS) is 13.4. The van der Waals surface area contributed by atoms with Crippen LogP contribution in [0.3, 0.4) is 0 Å². The summed E-state index contributed by atoms with van der Waals surface area (Å²) in [6, 6.07) is 1.60. The molecule has 1 aromatic carbocycles. The molecule has 2 rings (SSSR count). The van der Waals surface area contributed by atoms with Crippen molar-refractivity contribution < 1.29 is 47.9 Å². The van der Waals surface area contributed by atoms with Gasteiger partial charge in [-0.05, 0) is 12.1 Å². The highest BCUT2D eigenvalue weighted by Gasteiger charge is 2.51. The van der Waals surface area contributed by atoms with Gasteiger partial charge in [0.2, 0.25) is 0 Å². The Morgan fingerprint density at radius 1 is 1.09 bits per heavy atom. The van der Waals surface area contributed by atoms with Crippen molar-refractivity contribution in [1.82, 2.24) is 9.78 Å². The van der Waals surface area contributed by atoms with Crippen LogP contribution in [0, 0.1) is 11.3 Å². The molecule has 1 heterocycles. The Morgan fingerprint density at radius 3 is 2.03 bits per heavy atom. The molecular formula is C15H6Cl2F9N5O2S. The van der Waals surface area contributed by atoms with Crippen molar-refractivity contribution in [1.29, 1.82) is 5.26 Å². The van der Waals surface area contributed by atoms with E-state index in [-0.39, 0.29) is 23.2 Å². The van der Waals surface area contributed by atoms with E-state index in [1.165, 1.54) is 0 Å². The SMILES string of the molecule is N#Cc1nn(-c2c(Cl)cc(C(F)(F)F)cc2Cl)c(NC=NCC(F)(F)F)c1S(=O)(=O)C(F)(F)F. The molecule has 0 saturated carbocycles. The predicted molar refractivity (Wildman–Crippen MR) is 99.6 cm³/mol. The number of halogens is 11. The van der Waals surface area contributed by atoms with Crippen LogP contribution in [0.25, 0.3) is 5.69 Å². The number of nitriles is 1. The molecule has 0 aliphatic carbocycles. The molecule has 7 nitrogen and oxygen atoms in total. The standard InChI is InChI=1S/C15H6Cl2F9N5O2S/c16-7-1-6(14(21,22)23)2-8(17)10(7)31-12(29-5-28-4-13(18,19)20)11(9(3-27)30-31)34(32,33)15(24,25)26/h1-2,5H,4H2,(H,28,29). The molecule has 0 unspecified atom stereocenters. The number of aromatic nitrogens is 2. The molecule has 0 radical (unpaired) electrons. The third-order valence-corrected chi connectivity index (χ3v) is 5.75. The van der Waals surface area contributed by atoms with Gasteiger partial charge in [-0.25, -0.2) is 13.1 Å². The molecule has 0 spiro atoms. The number of benzene rings is 1. The monoisotopic (exact) mass is 561 g/mol. The van der Waals surface area contributed by atoms with Gasteiger partial charge in [0.05, 0.1) is 21.9 Å². The highest BCUT2D eigenvalue weighted by molar-refractivity contribution is 7.92. The van der Waals surface area contributed by atoms with Crippen molar-refractivity contribution in [3.63, 3.8) is 0 Å². The van der Waals surface area contributed by atoms with E-state index in [9.17, 15) is 47.9 Å². The first-order valence-corrected chi connectivity index (χ1v) is 10.3. The zero-order chi connectivity index (χ0) is 26.3. The molecule has 1 N–H and O–H groups in total. The summed E-state index contributed by atoms with van der Waals surface area (Å²) in [5.41, 5.74) is -9.65. The predicted octanol–water partition coefficient (Wildman–Crippen LogP) is 5.37. The molecule has 0 atom stereocenters. The van der Waals surface area contributed by atoms with Gasteiger partial charge in [-0.2, -0.15) is 49.9 Å². The molecular weight excluding hydrogens is 556 g/mol. The highest BCUT2D eigenvalue weighted by Crippen LogP contribution is 2.42. The van der Waals surface area contributed by atoms with E-state index in [1.54, 1.807) is 5.32 Å². The van der Waals surface area contributed by atoms with Crippen LogP contribution in [0.4, 0.5) is 45.3 Å². The van der Waals surface area contributed by atoms with Crippen LogP contribution in [0.15, 0.2) is 22.0 Å². The van der Waals surface area contributed by atoms with Gasteiger partial charge in [-0.15, -0.1) is 0 Å². The van der Waals surface area contributed by atoms with E-state index < -0.39 is 71.9 Å². The Morgan fingerprint density at radius 2 is 1.62 bits per heavy atom. The molecule has 0 amide bonds. The summed E-state index contributed by atoms with van der Waals surface area (Å²) in [7, 11) is -6.38. The lowest BCUT2D eigenvalue weighted by atomic mass is 10.2. The average Bonchev–Trinajstić information content (AvgIpc) is 3.01. The van der Waals surface area contributed by atoms with E-state index in [0.717, 1.165) is 6.07 Å². The number of nitrogens with zero attached hydrogens (tertiary/aromatic N) is 4. The summed E-state index contributed by atoms with van der Waals surface area (Å²) in [4.78, 5) is 0.955. The van der Waals surface area contributed by atoms with Crippen molar-refractivity contribution in [2.75, 3.05) is 11.9 Å². The second-order valence-electron chi connectivity index (χ2n) is 6.01. The number of sulfone groups is 1. The van der Waals surface area contributed by atoms with Crippen LogP contribution in [-0.2, 0) is 16.0 Å². The Bertz CT molecular complexity index is 1250. The van der Waals surface area contributed by atoms with Gasteiger partial charge in [0.25, 0.3) is 9.84 Å². The maximum atomic E-state index is 13.2. The van der Waals surface area contributed by atoms with Crippen molar-refractivity contribution >= 4 is 45.2 Å². The van der Waals surface area contributed by atoms with Crippen LogP contribution >= 0.6 is 23.2 Å². The van der Waals surface area contributed by atoms with Gasteiger partial charge in [0.15, 0.2) is 16.4 Å². The number of anilines is 1. The van der Waals surface area contributed by atoms with Gasteiger partial charge >= 0.3 is 17.9 Å². The first kappa shape index (κ1) is 27.5. The van der Waals surface area contributed by atoms with Crippen LogP contribution < -0.4 is 5.32 Å². The molecule has 0 aliphatic rings.